The second kappa shape index (κ2) is 5.96. The highest BCUT2D eigenvalue weighted by atomic mass is 16.6. The molecule has 0 fully saturated rings. The normalized spacial score (nSPS) is 16.1. The van der Waals surface area contributed by atoms with Crippen molar-refractivity contribution in [2.75, 3.05) is 13.2 Å². The molecule has 0 saturated heterocycles. The topological polar surface area (TPSA) is 59.3 Å². The van der Waals surface area contributed by atoms with E-state index in [0.29, 0.717) is 31.1 Å². The summed E-state index contributed by atoms with van der Waals surface area (Å²) >= 11 is 0. The predicted molar refractivity (Wildman–Crippen MR) is 74.9 cm³/mol. The highest BCUT2D eigenvalue weighted by Gasteiger charge is 2.37. The van der Waals surface area contributed by atoms with E-state index in [4.69, 9.17) is 14.7 Å². The van der Waals surface area contributed by atoms with Crippen molar-refractivity contribution >= 4 is 5.78 Å². The molecule has 0 amide bonds. The highest BCUT2D eigenvalue weighted by Crippen LogP contribution is 2.39. The van der Waals surface area contributed by atoms with Crippen LogP contribution in [0, 0.1) is 11.3 Å². The molecular weight excluding hydrogens is 254 g/mol. The molecule has 0 bridgehead atoms. The number of rotatable bonds is 5. The first-order chi connectivity index (χ1) is 9.64. The van der Waals surface area contributed by atoms with Gasteiger partial charge in [0.05, 0.1) is 17.9 Å². The van der Waals surface area contributed by atoms with Gasteiger partial charge in [-0.15, -0.1) is 0 Å². The van der Waals surface area contributed by atoms with Crippen LogP contribution in [0.3, 0.4) is 0 Å². The van der Waals surface area contributed by atoms with Crippen LogP contribution in [-0.2, 0) is 10.2 Å². The third kappa shape index (κ3) is 2.49. The second-order valence-corrected chi connectivity index (χ2v) is 5.08. The Labute approximate surface area is 119 Å². The molecule has 4 heteroatoms. The maximum absolute atomic E-state index is 12.2. The molecule has 0 spiro atoms. The van der Waals surface area contributed by atoms with Gasteiger partial charge in [-0.05, 0) is 31.0 Å². The Kier molecular flexibility index (Phi) is 4.29. The summed E-state index contributed by atoms with van der Waals surface area (Å²) in [6.07, 6.45) is 1.70. The lowest BCUT2D eigenvalue weighted by Gasteiger charge is -2.30. The van der Waals surface area contributed by atoms with Crippen LogP contribution in [0.1, 0.15) is 38.7 Å². The van der Waals surface area contributed by atoms with Gasteiger partial charge in [-0.3, -0.25) is 4.79 Å². The summed E-state index contributed by atoms with van der Waals surface area (Å²) in [5.41, 5.74) is 0.108. The summed E-state index contributed by atoms with van der Waals surface area (Å²) in [5, 5.41) is 9.12. The number of carbonyl (C=O) groups is 1. The fraction of sp³-hybridized carbons (Fsp3) is 0.500. The second-order valence-electron chi connectivity index (χ2n) is 5.08. The molecule has 0 saturated carbocycles. The van der Waals surface area contributed by atoms with Gasteiger partial charge in [-0.25, -0.2) is 0 Å². The molecule has 1 unspecified atom stereocenters. The van der Waals surface area contributed by atoms with Gasteiger partial charge in [0.15, 0.2) is 11.5 Å². The lowest BCUT2D eigenvalue weighted by molar-refractivity contribution is -0.122. The van der Waals surface area contributed by atoms with Crippen LogP contribution in [0.2, 0.25) is 0 Å². The smallest absolute Gasteiger partial charge is 0.161 e. The first kappa shape index (κ1) is 14.4. The monoisotopic (exact) mass is 273 g/mol. The number of nitriles is 1. The summed E-state index contributed by atoms with van der Waals surface area (Å²) in [6, 6.07) is 7.72. The summed E-state index contributed by atoms with van der Waals surface area (Å²) in [5.74, 6) is 1.39. The molecule has 20 heavy (non-hydrogen) atoms. The van der Waals surface area contributed by atoms with Gasteiger partial charge in [-0.1, -0.05) is 19.4 Å². The Morgan fingerprint density at radius 1 is 1.35 bits per heavy atom. The third-order valence-electron chi connectivity index (χ3n) is 3.83. The lowest BCUT2D eigenvalue weighted by Crippen LogP contribution is -2.34. The van der Waals surface area contributed by atoms with E-state index in [1.807, 2.05) is 25.1 Å². The van der Waals surface area contributed by atoms with E-state index in [1.165, 1.54) is 0 Å². The van der Waals surface area contributed by atoms with Crippen molar-refractivity contribution in [1.29, 1.82) is 5.26 Å². The van der Waals surface area contributed by atoms with E-state index in [2.05, 4.69) is 6.07 Å². The number of ketones is 1. The number of carbonyl (C=O) groups excluding carboxylic acids is 1. The number of ether oxygens (including phenoxy) is 2. The predicted octanol–water partition coefficient (Wildman–Crippen LogP) is 3.00. The Morgan fingerprint density at radius 3 is 2.65 bits per heavy atom. The molecule has 1 aromatic rings. The van der Waals surface area contributed by atoms with Gasteiger partial charge in [-0.2, -0.15) is 5.26 Å². The molecule has 1 aromatic carbocycles. The molecule has 1 aliphatic heterocycles. The van der Waals surface area contributed by atoms with Gasteiger partial charge in [0.2, 0.25) is 0 Å². The fourth-order valence-corrected chi connectivity index (χ4v) is 2.74. The first-order valence-electron chi connectivity index (χ1n) is 6.92. The van der Waals surface area contributed by atoms with Crippen LogP contribution >= 0.6 is 0 Å². The Morgan fingerprint density at radius 2 is 2.05 bits per heavy atom. The summed E-state index contributed by atoms with van der Waals surface area (Å²) < 4.78 is 11.1. The number of benzene rings is 1. The van der Waals surface area contributed by atoms with E-state index in [-0.39, 0.29) is 12.2 Å². The molecule has 1 atom stereocenters. The van der Waals surface area contributed by atoms with Crippen molar-refractivity contribution in [2.45, 2.75) is 38.5 Å². The Bertz CT molecular complexity index is 547. The van der Waals surface area contributed by atoms with E-state index in [0.717, 1.165) is 12.0 Å². The molecule has 0 N–H and O–H groups in total. The molecule has 4 nitrogen and oxygen atoms in total. The molecule has 0 radical (unpaired) electrons. The van der Waals surface area contributed by atoms with Gasteiger partial charge < -0.3 is 9.47 Å². The van der Waals surface area contributed by atoms with E-state index < -0.39 is 5.41 Å². The van der Waals surface area contributed by atoms with Gasteiger partial charge in [0, 0.05) is 0 Å². The number of Topliss-reactive ketones (excluding diaryl/α,β-unsaturated/α-hetero) is 1. The van der Waals surface area contributed by atoms with Gasteiger partial charge in [0.25, 0.3) is 0 Å². The van der Waals surface area contributed by atoms with Crippen molar-refractivity contribution in [3.63, 3.8) is 0 Å². The summed E-state index contributed by atoms with van der Waals surface area (Å²) in [7, 11) is 0. The SMILES string of the molecule is CCCC(CC#N)(C(C)=O)c1ccc2c(c1)OCCO2. The maximum Gasteiger partial charge on any atom is 0.161 e. The molecule has 0 aliphatic carbocycles. The average Bonchev–Trinajstić information content (AvgIpc) is 2.46. The number of fused-ring (bicyclic) bond motifs is 1. The molecule has 2 rings (SSSR count). The van der Waals surface area contributed by atoms with Crippen LogP contribution in [0.25, 0.3) is 0 Å². The first-order valence-corrected chi connectivity index (χ1v) is 6.92. The number of hydrogen-bond acceptors (Lipinski definition) is 4. The van der Waals surface area contributed by atoms with E-state index >= 15 is 0 Å². The Hall–Kier alpha value is -2.02. The zero-order valence-electron chi connectivity index (χ0n) is 11.9. The minimum atomic E-state index is -0.737. The molecule has 0 aromatic heterocycles. The third-order valence-corrected chi connectivity index (χ3v) is 3.83. The van der Waals surface area contributed by atoms with Crippen molar-refractivity contribution < 1.29 is 14.3 Å². The molecular formula is C16H19NO3. The van der Waals surface area contributed by atoms with Crippen LogP contribution in [-0.4, -0.2) is 19.0 Å². The summed E-state index contributed by atoms with van der Waals surface area (Å²) in [6.45, 7) is 4.63. The largest absolute Gasteiger partial charge is 0.486 e. The quantitative estimate of drug-likeness (QED) is 0.827. The van der Waals surface area contributed by atoms with Crippen LogP contribution in [0.5, 0.6) is 11.5 Å². The van der Waals surface area contributed by atoms with Crippen LogP contribution < -0.4 is 9.47 Å². The zero-order chi connectivity index (χ0) is 14.6. The lowest BCUT2D eigenvalue weighted by atomic mass is 9.71. The van der Waals surface area contributed by atoms with E-state index in [9.17, 15) is 4.79 Å². The fourth-order valence-electron chi connectivity index (χ4n) is 2.74. The minimum Gasteiger partial charge on any atom is -0.486 e. The van der Waals surface area contributed by atoms with Crippen LogP contribution in [0.15, 0.2) is 18.2 Å². The van der Waals surface area contributed by atoms with E-state index in [1.54, 1.807) is 6.92 Å². The van der Waals surface area contributed by atoms with Crippen molar-refractivity contribution in [3.05, 3.63) is 23.8 Å². The zero-order valence-corrected chi connectivity index (χ0v) is 11.9. The van der Waals surface area contributed by atoms with Crippen molar-refractivity contribution in [3.8, 4) is 17.6 Å². The number of hydrogen-bond donors (Lipinski definition) is 0. The molecule has 1 aliphatic rings. The molecule has 106 valence electrons. The average molecular weight is 273 g/mol. The summed E-state index contributed by atoms with van der Waals surface area (Å²) in [4.78, 5) is 12.2. The van der Waals surface area contributed by atoms with Gasteiger partial charge in [0.1, 0.15) is 19.0 Å². The Balaban J connectivity index is 2.48. The van der Waals surface area contributed by atoms with Crippen molar-refractivity contribution in [1.82, 2.24) is 0 Å². The maximum atomic E-state index is 12.2. The van der Waals surface area contributed by atoms with Crippen molar-refractivity contribution in [2.24, 2.45) is 0 Å². The minimum absolute atomic E-state index is 0.0255. The number of nitrogens with zero attached hydrogens (tertiary/aromatic N) is 1. The highest BCUT2D eigenvalue weighted by molar-refractivity contribution is 5.88. The molecule has 1 heterocycles. The van der Waals surface area contributed by atoms with Crippen LogP contribution in [0.4, 0.5) is 0 Å². The standard InChI is InChI=1S/C16H19NO3/c1-3-6-16(7-8-17,12(2)18)13-4-5-14-15(11-13)20-10-9-19-14/h4-5,11H,3,6-7,9-10H2,1-2H3. The van der Waals surface area contributed by atoms with Gasteiger partial charge >= 0.3 is 0 Å².